The van der Waals surface area contributed by atoms with Gasteiger partial charge < -0.3 is 11.5 Å². The molecule has 0 aromatic heterocycles. The molecule has 3 heteroatoms. The van der Waals surface area contributed by atoms with Crippen molar-refractivity contribution in [1.82, 2.24) is 0 Å². The van der Waals surface area contributed by atoms with Gasteiger partial charge in [0.2, 0.25) is 0 Å². The molecule has 1 aromatic rings. The van der Waals surface area contributed by atoms with Crippen LogP contribution in [0.4, 0.5) is 0 Å². The third-order valence-electron chi connectivity index (χ3n) is 1.73. The van der Waals surface area contributed by atoms with Gasteiger partial charge in [0, 0.05) is 6.42 Å². The van der Waals surface area contributed by atoms with E-state index >= 15 is 0 Å². The third kappa shape index (κ3) is 2.36. The van der Waals surface area contributed by atoms with Crippen molar-refractivity contribution in [3.63, 3.8) is 0 Å². The van der Waals surface area contributed by atoms with Gasteiger partial charge in [0.25, 0.3) is 5.91 Å². The van der Waals surface area contributed by atoms with Crippen LogP contribution in [-0.2, 0) is 11.2 Å². The van der Waals surface area contributed by atoms with Crippen molar-refractivity contribution in [2.45, 2.75) is 12.5 Å². The molecule has 0 aliphatic heterocycles. The maximum absolute atomic E-state index is 10.7. The van der Waals surface area contributed by atoms with Crippen molar-refractivity contribution in [3.05, 3.63) is 35.9 Å². The normalized spacial score (nSPS) is 12.4. The fraction of sp³-hybridized carbons (Fsp3) is 0.222. The van der Waals surface area contributed by atoms with Gasteiger partial charge in [-0.2, -0.15) is 0 Å². The second-order valence-corrected chi connectivity index (χ2v) is 2.79. The van der Waals surface area contributed by atoms with Gasteiger partial charge in [0.1, 0.15) is 0 Å². The van der Waals surface area contributed by atoms with E-state index in [1.165, 1.54) is 0 Å². The Balaban J connectivity index is 2.58. The van der Waals surface area contributed by atoms with Gasteiger partial charge in [-0.05, 0) is 5.56 Å². The number of carbonyl (C=O) groups excluding carboxylic acids is 1. The molecule has 1 rings (SSSR count). The Morgan fingerprint density at radius 2 is 2.00 bits per heavy atom. The SMILES string of the molecule is NC(=O)[C@H]([NH3+])Cc1ccccc1. The highest BCUT2D eigenvalue weighted by Crippen LogP contribution is 2.00. The molecular formula is C9H13N2O+. The molecule has 0 heterocycles. The van der Waals surface area contributed by atoms with Gasteiger partial charge in [-0.1, -0.05) is 30.3 Å². The fourth-order valence-corrected chi connectivity index (χ4v) is 0.999. The van der Waals surface area contributed by atoms with E-state index in [1.54, 1.807) is 0 Å². The molecule has 3 nitrogen and oxygen atoms in total. The predicted octanol–water partition coefficient (Wildman–Crippen LogP) is -0.675. The lowest BCUT2D eigenvalue weighted by Crippen LogP contribution is -2.67. The van der Waals surface area contributed by atoms with Gasteiger partial charge in [-0.3, -0.25) is 4.79 Å². The molecule has 0 bridgehead atoms. The Bertz CT molecular complexity index is 258. The molecule has 1 atom stereocenters. The number of carbonyl (C=O) groups is 1. The Morgan fingerprint density at radius 3 is 2.50 bits per heavy atom. The van der Waals surface area contributed by atoms with Gasteiger partial charge in [0.05, 0.1) is 0 Å². The van der Waals surface area contributed by atoms with E-state index in [4.69, 9.17) is 5.73 Å². The van der Waals surface area contributed by atoms with Gasteiger partial charge in [0.15, 0.2) is 6.04 Å². The summed E-state index contributed by atoms with van der Waals surface area (Å²) in [5.41, 5.74) is 9.83. The summed E-state index contributed by atoms with van der Waals surface area (Å²) in [4.78, 5) is 10.7. The predicted molar refractivity (Wildman–Crippen MR) is 46.0 cm³/mol. The first kappa shape index (κ1) is 8.74. The minimum Gasteiger partial charge on any atom is -0.365 e. The first-order chi connectivity index (χ1) is 5.70. The summed E-state index contributed by atoms with van der Waals surface area (Å²) >= 11 is 0. The number of benzene rings is 1. The molecule has 64 valence electrons. The fourth-order valence-electron chi connectivity index (χ4n) is 0.999. The molecule has 12 heavy (non-hydrogen) atoms. The Hall–Kier alpha value is -1.35. The number of amides is 1. The van der Waals surface area contributed by atoms with E-state index in [9.17, 15) is 4.79 Å². The minimum atomic E-state index is -0.348. The third-order valence-corrected chi connectivity index (χ3v) is 1.73. The molecular weight excluding hydrogens is 152 g/mol. The molecule has 5 N–H and O–H groups in total. The molecule has 0 saturated heterocycles. The molecule has 1 amide bonds. The highest BCUT2D eigenvalue weighted by molar-refractivity contribution is 5.78. The van der Waals surface area contributed by atoms with E-state index in [0.29, 0.717) is 6.42 Å². The van der Waals surface area contributed by atoms with Crippen molar-refractivity contribution in [2.24, 2.45) is 5.73 Å². The summed E-state index contributed by atoms with van der Waals surface area (Å²) in [5.74, 6) is -0.348. The zero-order valence-electron chi connectivity index (χ0n) is 6.86. The quantitative estimate of drug-likeness (QED) is 0.612. The molecule has 0 aliphatic carbocycles. The van der Waals surface area contributed by atoms with E-state index < -0.39 is 0 Å². The number of rotatable bonds is 3. The van der Waals surface area contributed by atoms with E-state index in [2.05, 4.69) is 5.73 Å². The first-order valence-electron chi connectivity index (χ1n) is 3.86. The maximum Gasteiger partial charge on any atom is 0.275 e. The number of nitrogens with two attached hydrogens (primary N) is 1. The van der Waals surface area contributed by atoms with Gasteiger partial charge >= 0.3 is 0 Å². The molecule has 0 spiro atoms. The molecule has 1 aromatic carbocycles. The summed E-state index contributed by atoms with van der Waals surface area (Å²) in [5, 5.41) is 0. The molecule has 0 fully saturated rings. The van der Waals surface area contributed by atoms with Crippen molar-refractivity contribution in [3.8, 4) is 0 Å². The van der Waals surface area contributed by atoms with E-state index in [1.807, 2.05) is 30.3 Å². The Labute approximate surface area is 71.4 Å². The highest BCUT2D eigenvalue weighted by Gasteiger charge is 2.12. The summed E-state index contributed by atoms with van der Waals surface area (Å²) in [6.07, 6.45) is 0.621. The van der Waals surface area contributed by atoms with Crippen LogP contribution in [0.25, 0.3) is 0 Å². The zero-order valence-corrected chi connectivity index (χ0v) is 6.86. The van der Waals surface area contributed by atoms with Crippen LogP contribution in [0.1, 0.15) is 5.56 Å². The average Bonchev–Trinajstić information content (AvgIpc) is 2.06. The number of quaternary nitrogens is 1. The summed E-state index contributed by atoms with van der Waals surface area (Å²) in [6.45, 7) is 0. The Morgan fingerprint density at radius 1 is 1.42 bits per heavy atom. The van der Waals surface area contributed by atoms with Crippen LogP contribution in [-0.4, -0.2) is 11.9 Å². The van der Waals surface area contributed by atoms with Crippen LogP contribution in [0.2, 0.25) is 0 Å². The largest absolute Gasteiger partial charge is 0.365 e. The lowest BCUT2D eigenvalue weighted by Gasteiger charge is -2.03. The van der Waals surface area contributed by atoms with Crippen LogP contribution in [0.5, 0.6) is 0 Å². The molecule has 0 radical (unpaired) electrons. The maximum atomic E-state index is 10.7. The lowest BCUT2D eigenvalue weighted by atomic mass is 10.1. The van der Waals surface area contributed by atoms with Crippen LogP contribution in [0.15, 0.2) is 30.3 Å². The van der Waals surface area contributed by atoms with Gasteiger partial charge in [-0.15, -0.1) is 0 Å². The second-order valence-electron chi connectivity index (χ2n) is 2.79. The van der Waals surface area contributed by atoms with Crippen LogP contribution < -0.4 is 11.5 Å². The lowest BCUT2D eigenvalue weighted by molar-refractivity contribution is -0.402. The van der Waals surface area contributed by atoms with Crippen molar-refractivity contribution in [2.75, 3.05) is 0 Å². The highest BCUT2D eigenvalue weighted by atomic mass is 16.1. The van der Waals surface area contributed by atoms with Crippen LogP contribution in [0.3, 0.4) is 0 Å². The average molecular weight is 165 g/mol. The summed E-state index contributed by atoms with van der Waals surface area (Å²) < 4.78 is 0. The monoisotopic (exact) mass is 165 g/mol. The van der Waals surface area contributed by atoms with Crippen molar-refractivity contribution in [1.29, 1.82) is 0 Å². The summed E-state index contributed by atoms with van der Waals surface area (Å²) in [7, 11) is 0. The van der Waals surface area contributed by atoms with Crippen molar-refractivity contribution >= 4 is 5.91 Å². The number of primary amides is 1. The van der Waals surface area contributed by atoms with Crippen LogP contribution >= 0.6 is 0 Å². The topological polar surface area (TPSA) is 70.7 Å². The smallest absolute Gasteiger partial charge is 0.275 e. The number of hydrogen-bond donors (Lipinski definition) is 2. The zero-order chi connectivity index (χ0) is 8.97. The molecule has 0 unspecified atom stereocenters. The molecule has 0 saturated carbocycles. The number of hydrogen-bond acceptors (Lipinski definition) is 1. The van der Waals surface area contributed by atoms with E-state index in [-0.39, 0.29) is 11.9 Å². The second kappa shape index (κ2) is 3.88. The standard InChI is InChI=1S/C9H12N2O/c10-8(9(11)12)6-7-4-2-1-3-5-7/h1-5,8H,6,10H2,(H2,11,12)/p+1/t8-/m1/s1. The van der Waals surface area contributed by atoms with E-state index in [0.717, 1.165) is 5.56 Å². The minimum absolute atomic E-state index is 0.326. The first-order valence-corrected chi connectivity index (χ1v) is 3.86. The molecule has 0 aliphatic rings. The van der Waals surface area contributed by atoms with Crippen LogP contribution in [0, 0.1) is 0 Å². The summed E-state index contributed by atoms with van der Waals surface area (Å²) in [6, 6.07) is 9.40. The Kier molecular flexibility index (Phi) is 2.82. The van der Waals surface area contributed by atoms with Crippen molar-refractivity contribution < 1.29 is 10.5 Å². The van der Waals surface area contributed by atoms with Gasteiger partial charge in [-0.25, -0.2) is 0 Å².